The molecule has 1 atom stereocenters. The molecule has 0 spiro atoms. The lowest BCUT2D eigenvalue weighted by Crippen LogP contribution is -2.27. The van der Waals surface area contributed by atoms with Gasteiger partial charge < -0.3 is 10.1 Å². The van der Waals surface area contributed by atoms with E-state index in [4.69, 9.17) is 4.74 Å². The topological polar surface area (TPSA) is 99.0 Å². The predicted octanol–water partition coefficient (Wildman–Crippen LogP) is 3.88. The van der Waals surface area contributed by atoms with E-state index in [2.05, 4.69) is 20.7 Å². The fourth-order valence-corrected chi connectivity index (χ4v) is 3.45. The Kier molecular flexibility index (Phi) is 6.54. The Morgan fingerprint density at radius 3 is 2.24 bits per heavy atom. The van der Waals surface area contributed by atoms with Crippen LogP contribution in [0.4, 0.5) is 5.69 Å². The summed E-state index contributed by atoms with van der Waals surface area (Å²) in [5.41, 5.74) is 4.02. The summed E-state index contributed by atoms with van der Waals surface area (Å²) in [7, 11) is 0. The summed E-state index contributed by atoms with van der Waals surface area (Å²) in [5, 5.41) is 15.0. The number of anilines is 1. The molecule has 4 rings (SSSR count). The number of carbonyl (C=O) groups is 2. The van der Waals surface area contributed by atoms with Gasteiger partial charge in [-0.15, -0.1) is 10.2 Å². The summed E-state index contributed by atoms with van der Waals surface area (Å²) in [5.74, 6) is -0.705. The molecule has 1 unspecified atom stereocenters. The summed E-state index contributed by atoms with van der Waals surface area (Å²) in [6.45, 7) is 3.62. The number of rotatable bonds is 7. The molecule has 0 fully saturated rings. The summed E-state index contributed by atoms with van der Waals surface area (Å²) in [6.07, 6.45) is -1.13. The fraction of sp³-hybridized carbons (Fsp3) is 0.160. The number of benzene rings is 3. The highest BCUT2D eigenvalue weighted by Gasteiger charge is 2.26. The quantitative estimate of drug-likeness (QED) is 0.437. The maximum Gasteiger partial charge on any atom is 0.330 e. The number of esters is 1. The molecule has 0 aliphatic rings. The van der Waals surface area contributed by atoms with Crippen LogP contribution in [0.1, 0.15) is 22.8 Å². The average Bonchev–Trinajstić information content (AvgIpc) is 3.26. The van der Waals surface area contributed by atoms with Crippen LogP contribution in [0.2, 0.25) is 0 Å². The maximum absolute atomic E-state index is 13.1. The third-order valence-corrected chi connectivity index (χ3v) is 4.83. The molecule has 4 aromatic rings. The maximum atomic E-state index is 13.1. The monoisotopic (exact) mass is 441 g/mol. The number of ether oxygens (including phenoxy) is 1. The SMILES string of the molecule is Cc1cc(C)cc(NC(=O)C(OC(=O)Cn2nnc(-c3ccccc3)n2)c2ccccc2)c1. The van der Waals surface area contributed by atoms with E-state index in [1.54, 1.807) is 24.3 Å². The third kappa shape index (κ3) is 5.68. The predicted molar refractivity (Wildman–Crippen MR) is 123 cm³/mol. The number of carbonyl (C=O) groups excluding carboxylic acids is 2. The van der Waals surface area contributed by atoms with E-state index >= 15 is 0 Å². The van der Waals surface area contributed by atoms with Crippen molar-refractivity contribution in [1.29, 1.82) is 0 Å². The van der Waals surface area contributed by atoms with E-state index in [0.717, 1.165) is 21.5 Å². The Balaban J connectivity index is 1.49. The Morgan fingerprint density at radius 1 is 0.939 bits per heavy atom. The van der Waals surface area contributed by atoms with Crippen molar-refractivity contribution in [2.45, 2.75) is 26.5 Å². The highest BCUT2D eigenvalue weighted by molar-refractivity contribution is 5.96. The number of tetrazole rings is 1. The Labute approximate surface area is 191 Å². The largest absolute Gasteiger partial charge is 0.446 e. The number of hydrogen-bond acceptors (Lipinski definition) is 6. The van der Waals surface area contributed by atoms with Crippen LogP contribution in [0.5, 0.6) is 0 Å². The zero-order chi connectivity index (χ0) is 23.2. The van der Waals surface area contributed by atoms with Gasteiger partial charge in [0.25, 0.3) is 5.91 Å². The van der Waals surface area contributed by atoms with Crippen LogP contribution in [-0.2, 0) is 20.9 Å². The number of nitrogens with one attached hydrogen (secondary N) is 1. The van der Waals surface area contributed by atoms with Gasteiger partial charge in [0.15, 0.2) is 6.54 Å². The van der Waals surface area contributed by atoms with Gasteiger partial charge in [-0.1, -0.05) is 66.7 Å². The standard InChI is InChI=1S/C25H23N5O3/c1-17-13-18(2)15-21(14-17)26-25(32)23(19-9-5-3-6-10-19)33-22(31)16-30-28-24(27-29-30)20-11-7-4-8-12-20/h3-15,23H,16H2,1-2H3,(H,26,32). The highest BCUT2D eigenvalue weighted by atomic mass is 16.5. The lowest BCUT2D eigenvalue weighted by Gasteiger charge is -2.18. The minimum atomic E-state index is -1.13. The van der Waals surface area contributed by atoms with E-state index in [9.17, 15) is 9.59 Å². The molecular weight excluding hydrogens is 418 g/mol. The van der Waals surface area contributed by atoms with Crippen LogP contribution in [0, 0.1) is 13.8 Å². The van der Waals surface area contributed by atoms with Gasteiger partial charge in [0.05, 0.1) is 0 Å². The zero-order valence-corrected chi connectivity index (χ0v) is 18.3. The lowest BCUT2D eigenvalue weighted by atomic mass is 10.1. The fourth-order valence-electron chi connectivity index (χ4n) is 3.45. The first-order chi connectivity index (χ1) is 16.0. The lowest BCUT2D eigenvalue weighted by molar-refractivity contribution is -0.155. The summed E-state index contributed by atoms with van der Waals surface area (Å²) in [6, 6.07) is 23.9. The third-order valence-electron chi connectivity index (χ3n) is 4.83. The molecule has 1 amide bonds. The molecule has 0 saturated carbocycles. The van der Waals surface area contributed by atoms with Crippen molar-refractivity contribution < 1.29 is 14.3 Å². The molecule has 0 aliphatic heterocycles. The number of aryl methyl sites for hydroxylation is 2. The van der Waals surface area contributed by atoms with Crippen LogP contribution in [0.3, 0.4) is 0 Å². The second-order valence-corrected chi connectivity index (χ2v) is 7.66. The van der Waals surface area contributed by atoms with Crippen LogP contribution in [0.15, 0.2) is 78.9 Å². The van der Waals surface area contributed by atoms with E-state index < -0.39 is 18.0 Å². The van der Waals surface area contributed by atoms with Crippen LogP contribution < -0.4 is 5.32 Å². The van der Waals surface area contributed by atoms with Gasteiger partial charge in [0.2, 0.25) is 11.9 Å². The minimum Gasteiger partial charge on any atom is -0.446 e. The molecule has 0 radical (unpaired) electrons. The molecule has 0 bridgehead atoms. The number of amides is 1. The summed E-state index contributed by atoms with van der Waals surface area (Å²) < 4.78 is 5.57. The molecule has 1 aromatic heterocycles. The zero-order valence-electron chi connectivity index (χ0n) is 18.3. The van der Waals surface area contributed by atoms with E-state index in [0.29, 0.717) is 17.1 Å². The van der Waals surface area contributed by atoms with Crippen molar-refractivity contribution >= 4 is 17.6 Å². The van der Waals surface area contributed by atoms with Gasteiger partial charge in [-0.05, 0) is 42.3 Å². The van der Waals surface area contributed by atoms with Gasteiger partial charge in [0.1, 0.15) is 0 Å². The van der Waals surface area contributed by atoms with Crippen molar-refractivity contribution in [3.05, 3.63) is 95.6 Å². The Morgan fingerprint density at radius 2 is 1.58 bits per heavy atom. The average molecular weight is 441 g/mol. The molecule has 8 heteroatoms. The van der Waals surface area contributed by atoms with E-state index in [1.165, 1.54) is 0 Å². The Bertz CT molecular complexity index is 1240. The van der Waals surface area contributed by atoms with Gasteiger partial charge in [-0.3, -0.25) is 4.79 Å². The van der Waals surface area contributed by atoms with Gasteiger partial charge in [-0.2, -0.15) is 4.80 Å². The van der Waals surface area contributed by atoms with Gasteiger partial charge in [0, 0.05) is 16.8 Å². The van der Waals surface area contributed by atoms with Crippen molar-refractivity contribution in [2.75, 3.05) is 5.32 Å². The minimum absolute atomic E-state index is 0.278. The first-order valence-electron chi connectivity index (χ1n) is 10.4. The van der Waals surface area contributed by atoms with Crippen molar-refractivity contribution in [1.82, 2.24) is 20.2 Å². The van der Waals surface area contributed by atoms with E-state index in [-0.39, 0.29) is 6.54 Å². The second kappa shape index (κ2) is 9.86. The normalized spacial score (nSPS) is 11.6. The number of nitrogens with zero attached hydrogens (tertiary/aromatic N) is 4. The van der Waals surface area contributed by atoms with Crippen LogP contribution in [-0.4, -0.2) is 32.1 Å². The molecular formula is C25H23N5O3. The Hall–Kier alpha value is -4.33. The number of hydrogen-bond donors (Lipinski definition) is 1. The second-order valence-electron chi connectivity index (χ2n) is 7.66. The first kappa shape index (κ1) is 21.9. The first-order valence-corrected chi connectivity index (χ1v) is 10.4. The molecule has 166 valence electrons. The van der Waals surface area contributed by atoms with Crippen LogP contribution in [0.25, 0.3) is 11.4 Å². The van der Waals surface area contributed by atoms with Crippen molar-refractivity contribution in [2.24, 2.45) is 0 Å². The summed E-state index contributed by atoms with van der Waals surface area (Å²) >= 11 is 0. The molecule has 1 heterocycles. The molecule has 3 aromatic carbocycles. The van der Waals surface area contributed by atoms with Crippen molar-refractivity contribution in [3.8, 4) is 11.4 Å². The molecule has 0 aliphatic carbocycles. The molecule has 1 N–H and O–H groups in total. The highest BCUT2D eigenvalue weighted by Crippen LogP contribution is 2.22. The molecule has 0 saturated heterocycles. The van der Waals surface area contributed by atoms with Crippen molar-refractivity contribution in [3.63, 3.8) is 0 Å². The van der Waals surface area contributed by atoms with E-state index in [1.807, 2.05) is 68.4 Å². The summed E-state index contributed by atoms with van der Waals surface area (Å²) in [4.78, 5) is 26.9. The van der Waals surface area contributed by atoms with Gasteiger partial charge >= 0.3 is 5.97 Å². The number of aromatic nitrogens is 4. The smallest absolute Gasteiger partial charge is 0.330 e. The van der Waals surface area contributed by atoms with Gasteiger partial charge in [-0.25, -0.2) is 4.79 Å². The molecule has 8 nitrogen and oxygen atoms in total. The molecule has 33 heavy (non-hydrogen) atoms. The van der Waals surface area contributed by atoms with Crippen LogP contribution >= 0.6 is 0 Å².